The Morgan fingerprint density at radius 2 is 1.94 bits per heavy atom. The van der Waals surface area contributed by atoms with Crippen LogP contribution >= 0.6 is 23.1 Å². The molecule has 0 aliphatic carbocycles. The Morgan fingerprint density at radius 1 is 1.06 bits per heavy atom. The molecule has 0 saturated carbocycles. The predicted octanol–water partition coefficient (Wildman–Crippen LogP) is 5.04. The number of anilines is 1. The van der Waals surface area contributed by atoms with E-state index in [0.29, 0.717) is 17.3 Å². The van der Waals surface area contributed by atoms with Crippen molar-refractivity contribution in [3.63, 3.8) is 0 Å². The summed E-state index contributed by atoms with van der Waals surface area (Å²) in [5, 5.41) is 14.2. The van der Waals surface area contributed by atoms with Gasteiger partial charge in [0.15, 0.2) is 5.16 Å². The smallest absolute Gasteiger partial charge is 0.234 e. The molecule has 0 aliphatic heterocycles. The second-order valence-electron chi connectivity index (χ2n) is 6.89. The second-order valence-corrected chi connectivity index (χ2v) is 8.86. The summed E-state index contributed by atoms with van der Waals surface area (Å²) in [7, 11) is 0. The van der Waals surface area contributed by atoms with Crippen LogP contribution in [0, 0.1) is 5.82 Å². The van der Waals surface area contributed by atoms with Crippen molar-refractivity contribution < 1.29 is 9.18 Å². The summed E-state index contributed by atoms with van der Waals surface area (Å²) in [6.45, 7) is 0.728. The summed E-state index contributed by atoms with van der Waals surface area (Å²) in [4.78, 5) is 13.6. The van der Waals surface area contributed by atoms with Crippen molar-refractivity contribution in [2.45, 2.75) is 24.5 Å². The molecule has 2 aromatic carbocycles. The van der Waals surface area contributed by atoms with Crippen LogP contribution in [-0.4, -0.2) is 26.4 Å². The van der Waals surface area contributed by atoms with E-state index in [0.717, 1.165) is 18.8 Å². The van der Waals surface area contributed by atoms with Crippen LogP contribution in [0.4, 0.5) is 10.1 Å². The quantitative estimate of drug-likeness (QED) is 0.361. The highest BCUT2D eigenvalue weighted by atomic mass is 32.2. The molecule has 4 rings (SSSR count). The monoisotopic (exact) mass is 452 g/mol. The summed E-state index contributed by atoms with van der Waals surface area (Å²) in [5.74, 6) is 0.447. The lowest BCUT2D eigenvalue weighted by molar-refractivity contribution is -0.113. The van der Waals surface area contributed by atoms with Crippen molar-refractivity contribution in [3.05, 3.63) is 94.2 Å². The Bertz CT molecular complexity index is 1130. The van der Waals surface area contributed by atoms with Crippen molar-refractivity contribution in [1.82, 2.24) is 14.8 Å². The number of nitrogens with one attached hydrogen (secondary N) is 1. The molecular formula is C23H21FN4OS2. The summed E-state index contributed by atoms with van der Waals surface area (Å²) in [6, 6.07) is 20.2. The number of halogens is 1. The van der Waals surface area contributed by atoms with Gasteiger partial charge < -0.3 is 9.88 Å². The maximum Gasteiger partial charge on any atom is 0.234 e. The third-order valence-electron chi connectivity index (χ3n) is 4.61. The zero-order valence-corrected chi connectivity index (χ0v) is 18.3. The molecule has 1 amide bonds. The van der Waals surface area contributed by atoms with Crippen LogP contribution in [0.25, 0.3) is 0 Å². The third kappa shape index (κ3) is 6.02. The molecule has 0 saturated heterocycles. The first-order valence-corrected chi connectivity index (χ1v) is 11.7. The zero-order valence-electron chi connectivity index (χ0n) is 16.7. The Labute approximate surface area is 188 Å². The van der Waals surface area contributed by atoms with Gasteiger partial charge in [-0.05, 0) is 41.6 Å². The zero-order chi connectivity index (χ0) is 21.5. The summed E-state index contributed by atoms with van der Waals surface area (Å²) in [5.41, 5.74) is 1.67. The van der Waals surface area contributed by atoms with Crippen molar-refractivity contribution in [2.24, 2.45) is 0 Å². The van der Waals surface area contributed by atoms with Crippen LogP contribution in [-0.2, 0) is 24.2 Å². The van der Waals surface area contributed by atoms with Gasteiger partial charge >= 0.3 is 0 Å². The fourth-order valence-corrected chi connectivity index (χ4v) is 4.61. The average Bonchev–Trinajstić information content (AvgIpc) is 3.42. The van der Waals surface area contributed by atoms with E-state index in [-0.39, 0.29) is 17.5 Å². The van der Waals surface area contributed by atoms with Gasteiger partial charge in [0.25, 0.3) is 0 Å². The van der Waals surface area contributed by atoms with Gasteiger partial charge in [-0.1, -0.05) is 54.2 Å². The molecule has 4 aromatic rings. The molecule has 8 heteroatoms. The SMILES string of the molecule is O=C(CSc1nnc(Cc2cccs2)n1CCc1ccccc1)Nc1cccc(F)c1. The van der Waals surface area contributed by atoms with Gasteiger partial charge in [-0.2, -0.15) is 0 Å². The number of rotatable bonds is 9. The minimum atomic E-state index is -0.385. The Morgan fingerprint density at radius 3 is 2.71 bits per heavy atom. The van der Waals surface area contributed by atoms with Crippen molar-refractivity contribution in [1.29, 1.82) is 0 Å². The summed E-state index contributed by atoms with van der Waals surface area (Å²) >= 11 is 3.02. The minimum Gasteiger partial charge on any atom is -0.325 e. The summed E-state index contributed by atoms with van der Waals surface area (Å²) in [6.07, 6.45) is 1.55. The second kappa shape index (κ2) is 10.4. The Balaban J connectivity index is 1.45. The van der Waals surface area contributed by atoms with E-state index >= 15 is 0 Å². The van der Waals surface area contributed by atoms with E-state index in [1.165, 1.54) is 34.3 Å². The van der Waals surface area contributed by atoms with E-state index < -0.39 is 0 Å². The maximum atomic E-state index is 13.3. The van der Waals surface area contributed by atoms with Crippen LogP contribution in [0.1, 0.15) is 16.3 Å². The highest BCUT2D eigenvalue weighted by molar-refractivity contribution is 7.99. The van der Waals surface area contributed by atoms with Gasteiger partial charge in [-0.25, -0.2) is 4.39 Å². The molecule has 0 unspecified atom stereocenters. The molecule has 158 valence electrons. The largest absolute Gasteiger partial charge is 0.325 e. The van der Waals surface area contributed by atoms with Gasteiger partial charge in [0.2, 0.25) is 5.91 Å². The van der Waals surface area contributed by atoms with Crippen molar-refractivity contribution in [3.8, 4) is 0 Å². The molecule has 2 aromatic heterocycles. The minimum absolute atomic E-state index is 0.166. The lowest BCUT2D eigenvalue weighted by Crippen LogP contribution is -2.15. The van der Waals surface area contributed by atoms with E-state index in [4.69, 9.17) is 0 Å². The van der Waals surface area contributed by atoms with Crippen LogP contribution in [0.2, 0.25) is 0 Å². The number of thiophene rings is 1. The molecule has 2 heterocycles. The lowest BCUT2D eigenvalue weighted by Gasteiger charge is -2.10. The first-order chi connectivity index (χ1) is 15.2. The van der Waals surface area contributed by atoms with E-state index in [1.54, 1.807) is 23.5 Å². The number of carbonyl (C=O) groups excluding carboxylic acids is 1. The number of hydrogen-bond acceptors (Lipinski definition) is 5. The highest BCUT2D eigenvalue weighted by Gasteiger charge is 2.15. The molecule has 31 heavy (non-hydrogen) atoms. The first kappa shape index (κ1) is 21.3. The predicted molar refractivity (Wildman–Crippen MR) is 123 cm³/mol. The van der Waals surface area contributed by atoms with Gasteiger partial charge in [0, 0.05) is 23.5 Å². The van der Waals surface area contributed by atoms with Crippen LogP contribution in [0.5, 0.6) is 0 Å². The van der Waals surface area contributed by atoms with Crippen LogP contribution in [0.15, 0.2) is 77.3 Å². The normalized spacial score (nSPS) is 10.9. The van der Waals surface area contributed by atoms with E-state index in [9.17, 15) is 9.18 Å². The number of hydrogen-bond donors (Lipinski definition) is 1. The highest BCUT2D eigenvalue weighted by Crippen LogP contribution is 2.22. The van der Waals surface area contributed by atoms with Crippen molar-refractivity contribution >= 4 is 34.7 Å². The number of amides is 1. The molecule has 0 fully saturated rings. The molecule has 0 radical (unpaired) electrons. The number of carbonyl (C=O) groups is 1. The number of benzene rings is 2. The van der Waals surface area contributed by atoms with Gasteiger partial charge in [0.1, 0.15) is 11.6 Å². The molecular weight excluding hydrogens is 431 g/mol. The fourth-order valence-electron chi connectivity index (χ4n) is 3.13. The van der Waals surface area contributed by atoms with Crippen LogP contribution in [0.3, 0.4) is 0 Å². The van der Waals surface area contributed by atoms with Crippen molar-refractivity contribution in [2.75, 3.05) is 11.1 Å². The molecule has 0 bridgehead atoms. The molecule has 0 spiro atoms. The lowest BCUT2D eigenvalue weighted by atomic mass is 10.1. The fraction of sp³-hybridized carbons (Fsp3) is 0.174. The van der Waals surface area contributed by atoms with E-state index in [2.05, 4.69) is 38.3 Å². The van der Waals surface area contributed by atoms with E-state index in [1.807, 2.05) is 29.6 Å². The van der Waals surface area contributed by atoms with Gasteiger partial charge in [-0.3, -0.25) is 4.79 Å². The topological polar surface area (TPSA) is 59.8 Å². The molecule has 0 aliphatic rings. The molecule has 5 nitrogen and oxygen atoms in total. The number of aromatic nitrogens is 3. The number of thioether (sulfide) groups is 1. The molecule has 1 N–H and O–H groups in total. The average molecular weight is 453 g/mol. The number of aryl methyl sites for hydroxylation is 1. The summed E-state index contributed by atoms with van der Waals surface area (Å²) < 4.78 is 15.4. The first-order valence-electron chi connectivity index (χ1n) is 9.84. The standard InChI is InChI=1S/C23H21FN4OS2/c24-18-8-4-9-19(14-18)25-22(29)16-31-23-27-26-21(15-20-10-5-13-30-20)28(23)12-11-17-6-2-1-3-7-17/h1-10,13-14H,11-12,15-16H2,(H,25,29). The van der Waals surface area contributed by atoms with Gasteiger partial charge in [0.05, 0.1) is 5.75 Å². The Kier molecular flexibility index (Phi) is 7.11. The third-order valence-corrected chi connectivity index (χ3v) is 6.46. The Hall–Kier alpha value is -2.97. The van der Waals surface area contributed by atoms with Gasteiger partial charge in [-0.15, -0.1) is 21.5 Å². The molecule has 0 atom stereocenters. The van der Waals surface area contributed by atoms with Crippen LogP contribution < -0.4 is 5.32 Å². The number of nitrogens with zero attached hydrogens (tertiary/aromatic N) is 3. The maximum absolute atomic E-state index is 13.3.